The van der Waals surface area contributed by atoms with Crippen molar-refractivity contribution in [3.8, 4) is 0 Å². The van der Waals surface area contributed by atoms with E-state index in [0.717, 1.165) is 37.2 Å². The Morgan fingerprint density at radius 1 is 1.23 bits per heavy atom. The van der Waals surface area contributed by atoms with E-state index >= 15 is 0 Å². The zero-order chi connectivity index (χ0) is 15.5. The molecule has 5 nitrogen and oxygen atoms in total. The molecule has 0 atom stereocenters. The van der Waals surface area contributed by atoms with Crippen LogP contribution in [0.5, 0.6) is 0 Å². The molecule has 1 aromatic heterocycles. The molecule has 0 bridgehead atoms. The first-order chi connectivity index (χ1) is 10.6. The van der Waals surface area contributed by atoms with Crippen molar-refractivity contribution in [2.75, 3.05) is 18.4 Å². The SMILES string of the molecule is Cc1ccc(Cl)cc1Nc1ncc(C(=O)N2CCCC2)cn1. The molecule has 1 aliphatic heterocycles. The van der Waals surface area contributed by atoms with Crippen LogP contribution in [0.2, 0.25) is 5.02 Å². The van der Waals surface area contributed by atoms with Crippen LogP contribution in [0.15, 0.2) is 30.6 Å². The molecular weight excluding hydrogens is 300 g/mol. The molecule has 22 heavy (non-hydrogen) atoms. The van der Waals surface area contributed by atoms with Gasteiger partial charge in [0.15, 0.2) is 0 Å². The van der Waals surface area contributed by atoms with Crippen molar-refractivity contribution in [1.82, 2.24) is 14.9 Å². The number of amides is 1. The maximum absolute atomic E-state index is 12.2. The van der Waals surface area contributed by atoms with Gasteiger partial charge in [0.2, 0.25) is 5.95 Å². The number of anilines is 2. The number of likely N-dealkylation sites (tertiary alicyclic amines) is 1. The monoisotopic (exact) mass is 316 g/mol. The van der Waals surface area contributed by atoms with Gasteiger partial charge in [-0.2, -0.15) is 0 Å². The normalized spacial score (nSPS) is 14.2. The van der Waals surface area contributed by atoms with E-state index in [9.17, 15) is 4.79 Å². The molecule has 0 unspecified atom stereocenters. The highest BCUT2D eigenvalue weighted by molar-refractivity contribution is 6.30. The Hall–Kier alpha value is -2.14. The van der Waals surface area contributed by atoms with Crippen LogP contribution in [-0.4, -0.2) is 33.9 Å². The molecule has 0 saturated carbocycles. The molecule has 6 heteroatoms. The number of benzene rings is 1. The highest BCUT2D eigenvalue weighted by Gasteiger charge is 2.19. The number of rotatable bonds is 3. The van der Waals surface area contributed by atoms with Crippen LogP contribution in [0.25, 0.3) is 0 Å². The standard InChI is InChI=1S/C16H17ClN4O/c1-11-4-5-13(17)8-14(11)20-16-18-9-12(10-19-16)15(22)21-6-2-3-7-21/h4-5,8-10H,2-3,6-7H2,1H3,(H,18,19,20). The third kappa shape index (κ3) is 3.20. The average molecular weight is 317 g/mol. The second kappa shape index (κ2) is 6.32. The van der Waals surface area contributed by atoms with Crippen LogP contribution < -0.4 is 5.32 Å². The lowest BCUT2D eigenvalue weighted by molar-refractivity contribution is 0.0792. The molecule has 114 valence electrons. The van der Waals surface area contributed by atoms with Crippen molar-refractivity contribution < 1.29 is 4.79 Å². The number of halogens is 1. The number of aromatic nitrogens is 2. The predicted octanol–water partition coefficient (Wildman–Crippen LogP) is 3.42. The Morgan fingerprint density at radius 2 is 1.91 bits per heavy atom. The molecule has 2 aromatic rings. The summed E-state index contributed by atoms with van der Waals surface area (Å²) < 4.78 is 0. The molecule has 0 radical (unpaired) electrons. The summed E-state index contributed by atoms with van der Waals surface area (Å²) in [4.78, 5) is 22.5. The summed E-state index contributed by atoms with van der Waals surface area (Å²) in [5.74, 6) is 0.450. The summed E-state index contributed by atoms with van der Waals surface area (Å²) in [5.41, 5.74) is 2.42. The predicted molar refractivity (Wildman–Crippen MR) is 86.6 cm³/mol. The minimum atomic E-state index is 0.00276. The zero-order valence-corrected chi connectivity index (χ0v) is 13.1. The van der Waals surface area contributed by atoms with Crippen molar-refractivity contribution >= 4 is 29.1 Å². The van der Waals surface area contributed by atoms with E-state index in [2.05, 4.69) is 15.3 Å². The number of carbonyl (C=O) groups is 1. The fourth-order valence-electron chi connectivity index (χ4n) is 2.46. The third-order valence-electron chi connectivity index (χ3n) is 3.74. The minimum Gasteiger partial charge on any atom is -0.339 e. The van der Waals surface area contributed by atoms with Gasteiger partial charge in [-0.1, -0.05) is 17.7 Å². The van der Waals surface area contributed by atoms with Crippen LogP contribution in [0.1, 0.15) is 28.8 Å². The summed E-state index contributed by atoms with van der Waals surface area (Å²) >= 11 is 5.99. The maximum atomic E-state index is 12.2. The molecule has 1 fully saturated rings. The van der Waals surface area contributed by atoms with Crippen molar-refractivity contribution in [2.24, 2.45) is 0 Å². The first kappa shape index (κ1) is 14.8. The number of nitrogens with zero attached hydrogens (tertiary/aromatic N) is 3. The summed E-state index contributed by atoms with van der Waals surface area (Å²) in [6, 6.07) is 5.58. The van der Waals surface area contributed by atoms with E-state index < -0.39 is 0 Å². The van der Waals surface area contributed by atoms with Gasteiger partial charge in [0.25, 0.3) is 5.91 Å². The number of aryl methyl sites for hydroxylation is 1. The summed E-state index contributed by atoms with van der Waals surface area (Å²) in [5, 5.41) is 3.76. The van der Waals surface area contributed by atoms with E-state index in [1.54, 1.807) is 12.4 Å². The Balaban J connectivity index is 1.74. The van der Waals surface area contributed by atoms with E-state index in [1.165, 1.54) is 0 Å². The van der Waals surface area contributed by atoms with Crippen molar-refractivity contribution in [3.63, 3.8) is 0 Å². The maximum Gasteiger partial charge on any atom is 0.256 e. The van der Waals surface area contributed by atoms with Crippen LogP contribution >= 0.6 is 11.6 Å². The van der Waals surface area contributed by atoms with Crippen LogP contribution in [-0.2, 0) is 0 Å². The highest BCUT2D eigenvalue weighted by atomic mass is 35.5. The van der Waals surface area contributed by atoms with Crippen molar-refractivity contribution in [1.29, 1.82) is 0 Å². The molecule has 1 aliphatic rings. The third-order valence-corrected chi connectivity index (χ3v) is 3.97. The van der Waals surface area contributed by atoms with Crippen LogP contribution in [0, 0.1) is 6.92 Å². The van der Waals surface area contributed by atoms with Crippen molar-refractivity contribution in [2.45, 2.75) is 19.8 Å². The zero-order valence-electron chi connectivity index (χ0n) is 12.3. The van der Waals surface area contributed by atoms with Gasteiger partial charge >= 0.3 is 0 Å². The quantitative estimate of drug-likeness (QED) is 0.942. The molecule has 1 aromatic carbocycles. The van der Waals surface area contributed by atoms with Gasteiger partial charge < -0.3 is 10.2 Å². The molecule has 0 aliphatic carbocycles. The van der Waals surface area contributed by atoms with Gasteiger partial charge in [-0.3, -0.25) is 4.79 Å². The lowest BCUT2D eigenvalue weighted by atomic mass is 10.2. The van der Waals surface area contributed by atoms with Gasteiger partial charge in [-0.05, 0) is 37.5 Å². The van der Waals surface area contributed by atoms with E-state index in [-0.39, 0.29) is 5.91 Å². The molecule has 1 saturated heterocycles. The Bertz CT molecular complexity index is 681. The van der Waals surface area contributed by atoms with E-state index in [4.69, 9.17) is 11.6 Å². The van der Waals surface area contributed by atoms with Gasteiger partial charge in [0.1, 0.15) is 0 Å². The number of nitrogens with one attached hydrogen (secondary N) is 1. The summed E-state index contributed by atoms with van der Waals surface area (Å²) in [6.45, 7) is 3.62. The fraction of sp³-hybridized carbons (Fsp3) is 0.312. The molecular formula is C16H17ClN4O. The van der Waals surface area contributed by atoms with E-state index in [1.807, 2.05) is 30.0 Å². The van der Waals surface area contributed by atoms with E-state index in [0.29, 0.717) is 16.5 Å². The molecule has 1 amide bonds. The van der Waals surface area contributed by atoms with Crippen molar-refractivity contribution in [3.05, 3.63) is 46.7 Å². The van der Waals surface area contributed by atoms with Gasteiger partial charge in [-0.25, -0.2) is 9.97 Å². The van der Waals surface area contributed by atoms with Crippen LogP contribution in [0.3, 0.4) is 0 Å². The molecule has 1 N–H and O–H groups in total. The average Bonchev–Trinajstić information content (AvgIpc) is 3.05. The smallest absolute Gasteiger partial charge is 0.256 e. The second-order valence-electron chi connectivity index (χ2n) is 5.38. The Labute approximate surface area is 134 Å². The lowest BCUT2D eigenvalue weighted by Gasteiger charge is -2.15. The van der Waals surface area contributed by atoms with Gasteiger partial charge in [0.05, 0.1) is 5.56 Å². The lowest BCUT2D eigenvalue weighted by Crippen LogP contribution is -2.27. The minimum absolute atomic E-state index is 0.00276. The molecule has 0 spiro atoms. The highest BCUT2D eigenvalue weighted by Crippen LogP contribution is 2.22. The topological polar surface area (TPSA) is 58.1 Å². The summed E-state index contributed by atoms with van der Waals surface area (Å²) in [7, 11) is 0. The van der Waals surface area contributed by atoms with Crippen LogP contribution in [0.4, 0.5) is 11.6 Å². The molecule has 2 heterocycles. The molecule has 3 rings (SSSR count). The van der Waals surface area contributed by atoms with Gasteiger partial charge in [-0.15, -0.1) is 0 Å². The summed E-state index contributed by atoms with van der Waals surface area (Å²) in [6.07, 6.45) is 5.27. The first-order valence-corrected chi connectivity index (χ1v) is 7.66. The number of hydrogen-bond donors (Lipinski definition) is 1. The largest absolute Gasteiger partial charge is 0.339 e. The number of carbonyl (C=O) groups excluding carboxylic acids is 1. The van der Waals surface area contributed by atoms with Gasteiger partial charge in [0, 0.05) is 36.2 Å². The fourth-order valence-corrected chi connectivity index (χ4v) is 2.63. The second-order valence-corrected chi connectivity index (χ2v) is 5.82. The Kier molecular flexibility index (Phi) is 4.24. The first-order valence-electron chi connectivity index (χ1n) is 7.28. The number of hydrogen-bond acceptors (Lipinski definition) is 4. The Morgan fingerprint density at radius 3 is 2.59 bits per heavy atom.